The number of aliphatic hydroxyl groups is 1. The van der Waals surface area contributed by atoms with Crippen molar-refractivity contribution in [2.75, 3.05) is 0 Å². The van der Waals surface area contributed by atoms with Gasteiger partial charge >= 0.3 is 6.18 Å². The molecule has 0 saturated heterocycles. The molecule has 47 heavy (non-hydrogen) atoms. The number of aromatic nitrogens is 1. The van der Waals surface area contributed by atoms with Gasteiger partial charge in [-0.3, -0.25) is 9.78 Å². The maximum absolute atomic E-state index is 14.0. The van der Waals surface area contributed by atoms with Crippen molar-refractivity contribution in [3.05, 3.63) is 139 Å². The molecule has 0 bridgehead atoms. The fraction of sp³-hybridized carbons (Fsp3) is 0.0769. The van der Waals surface area contributed by atoms with Gasteiger partial charge in [0.2, 0.25) is 0 Å². The fourth-order valence-electron chi connectivity index (χ4n) is 5.73. The second-order valence-electron chi connectivity index (χ2n) is 11.0. The van der Waals surface area contributed by atoms with Crippen molar-refractivity contribution in [3.63, 3.8) is 0 Å². The first kappa shape index (κ1) is 33.5. The Morgan fingerprint density at radius 2 is 1.36 bits per heavy atom. The van der Waals surface area contributed by atoms with E-state index in [9.17, 15) is 22.4 Å². The van der Waals surface area contributed by atoms with E-state index >= 15 is 0 Å². The number of carbonyl (C=O) groups excluding carboxylic acids is 1. The number of ketones is 1. The summed E-state index contributed by atoms with van der Waals surface area (Å²) in [6.07, 6.45) is -1.71. The van der Waals surface area contributed by atoms with E-state index in [1.54, 1.807) is 36.5 Å². The van der Waals surface area contributed by atoms with Crippen molar-refractivity contribution in [2.45, 2.75) is 20.0 Å². The van der Waals surface area contributed by atoms with Gasteiger partial charge in [-0.05, 0) is 87.1 Å². The molecule has 7 rings (SSSR count). The Kier molecular flexibility index (Phi) is 9.57. The van der Waals surface area contributed by atoms with E-state index in [-0.39, 0.29) is 42.9 Å². The van der Waals surface area contributed by atoms with E-state index in [4.69, 9.17) is 5.11 Å². The first-order valence-corrected chi connectivity index (χ1v) is 14.4. The Labute approximate surface area is 281 Å². The summed E-state index contributed by atoms with van der Waals surface area (Å²) >= 11 is 0. The van der Waals surface area contributed by atoms with Crippen LogP contribution in [0.2, 0.25) is 0 Å². The largest absolute Gasteiger partial charge is 0.512 e. The van der Waals surface area contributed by atoms with Crippen LogP contribution in [0.1, 0.15) is 19.4 Å². The maximum atomic E-state index is 14.0. The van der Waals surface area contributed by atoms with Crippen molar-refractivity contribution < 1.29 is 47.6 Å². The van der Waals surface area contributed by atoms with Crippen LogP contribution in [0.4, 0.5) is 17.6 Å². The minimum atomic E-state index is -4.51. The fourth-order valence-corrected chi connectivity index (χ4v) is 5.73. The van der Waals surface area contributed by atoms with Crippen LogP contribution in [0, 0.1) is 11.9 Å². The van der Waals surface area contributed by atoms with Crippen LogP contribution in [0.15, 0.2) is 121 Å². The van der Waals surface area contributed by atoms with Gasteiger partial charge in [-0.25, -0.2) is 4.39 Å². The quantitative estimate of drug-likeness (QED) is 0.0636. The molecule has 1 N–H and O–H groups in total. The number of alkyl halides is 3. The van der Waals surface area contributed by atoms with Crippen molar-refractivity contribution in [2.24, 2.45) is 0 Å². The second kappa shape index (κ2) is 13.4. The van der Waals surface area contributed by atoms with Gasteiger partial charge in [0.1, 0.15) is 5.82 Å². The number of carbonyl (C=O) groups is 1. The number of hydrogen-bond acceptors (Lipinski definition) is 3. The molecule has 1 radical (unpaired) electrons. The van der Waals surface area contributed by atoms with E-state index in [0.29, 0.717) is 16.6 Å². The molecule has 0 saturated carbocycles. The van der Waals surface area contributed by atoms with Crippen LogP contribution in [0.5, 0.6) is 0 Å². The summed E-state index contributed by atoms with van der Waals surface area (Å²) in [4.78, 5) is 14.5. The van der Waals surface area contributed by atoms with Gasteiger partial charge in [-0.1, -0.05) is 77.7 Å². The summed E-state index contributed by atoms with van der Waals surface area (Å²) in [5.41, 5.74) is 1.97. The summed E-state index contributed by atoms with van der Waals surface area (Å²) in [7, 11) is 0. The summed E-state index contributed by atoms with van der Waals surface area (Å²) in [5, 5.41) is 14.6. The molecule has 6 aromatic carbocycles. The summed E-state index contributed by atoms with van der Waals surface area (Å²) in [6, 6.07) is 33.1. The Bertz CT molecular complexity index is 2310. The third kappa shape index (κ3) is 6.94. The van der Waals surface area contributed by atoms with E-state index in [1.807, 2.05) is 36.4 Å². The van der Waals surface area contributed by atoms with Gasteiger partial charge in [0, 0.05) is 38.1 Å². The van der Waals surface area contributed by atoms with E-state index < -0.39 is 11.7 Å². The number of allylic oxidation sites excluding steroid dienone is 2. The number of pyridine rings is 1. The van der Waals surface area contributed by atoms with Crippen molar-refractivity contribution in [1.82, 2.24) is 4.98 Å². The average molecular weight is 809 g/mol. The zero-order valence-corrected chi connectivity index (χ0v) is 27.5. The number of rotatable bonds is 3. The minimum Gasteiger partial charge on any atom is -0.512 e. The second-order valence-corrected chi connectivity index (χ2v) is 11.0. The zero-order chi connectivity index (χ0) is 32.6. The number of fused-ring (bicyclic) bond motifs is 6. The molecule has 7 aromatic rings. The Morgan fingerprint density at radius 1 is 0.745 bits per heavy atom. The standard InChI is InChI=1S/C34H18F4N.C5H8O2.Ir/c35-25-9-5-20(6-10-25)21-7-11-26-23(17-21)8-12-29-28(26)13-14-31-30(29)15-16-39-33(31)24-18-22-3-1-2-4-27(22)32(19-24)34(36,37)38;1-4(6)3-5(2)7;/h1-17,19H;3,6H,1-2H3;/q-1;;/b;4-3-;. The molecule has 0 spiro atoms. The molecular formula is C39H26F4IrNO2-. The molecule has 0 atom stereocenters. The van der Waals surface area contributed by atoms with Gasteiger partial charge < -0.3 is 5.11 Å². The van der Waals surface area contributed by atoms with Crippen molar-refractivity contribution >= 4 is 48.9 Å². The molecule has 1 heterocycles. The van der Waals surface area contributed by atoms with Gasteiger partial charge in [0.15, 0.2) is 5.78 Å². The molecule has 0 aliphatic heterocycles. The first-order chi connectivity index (χ1) is 22.0. The van der Waals surface area contributed by atoms with Crippen LogP contribution < -0.4 is 0 Å². The predicted octanol–water partition coefficient (Wildman–Crippen LogP) is 11.0. The molecule has 237 valence electrons. The summed E-state index contributed by atoms with van der Waals surface area (Å²) in [5.74, 6) is -0.338. The number of hydrogen-bond donors (Lipinski definition) is 1. The zero-order valence-electron chi connectivity index (χ0n) is 25.1. The monoisotopic (exact) mass is 809 g/mol. The topological polar surface area (TPSA) is 50.2 Å². The maximum Gasteiger partial charge on any atom is 0.403 e. The normalized spacial score (nSPS) is 11.7. The van der Waals surface area contributed by atoms with Gasteiger partial charge in [0.05, 0.1) is 5.76 Å². The minimum absolute atomic E-state index is 0. The molecule has 3 nitrogen and oxygen atoms in total. The molecule has 1 aromatic heterocycles. The number of nitrogens with zero attached hydrogens (tertiary/aromatic N) is 1. The average Bonchev–Trinajstić information content (AvgIpc) is 3.03. The molecule has 0 aliphatic rings. The molecule has 0 aliphatic carbocycles. The number of aliphatic hydroxyl groups excluding tert-OH is 1. The van der Waals surface area contributed by atoms with Crippen LogP contribution in [0.25, 0.3) is 65.5 Å². The Morgan fingerprint density at radius 3 is 2.04 bits per heavy atom. The first-order valence-electron chi connectivity index (χ1n) is 14.4. The predicted molar refractivity (Wildman–Crippen MR) is 176 cm³/mol. The molecule has 8 heteroatoms. The van der Waals surface area contributed by atoms with Crippen LogP contribution in [-0.4, -0.2) is 15.9 Å². The van der Waals surface area contributed by atoms with E-state index in [2.05, 4.69) is 23.2 Å². The number of benzene rings is 6. The van der Waals surface area contributed by atoms with Crippen LogP contribution >= 0.6 is 0 Å². The smallest absolute Gasteiger partial charge is 0.403 e. The van der Waals surface area contributed by atoms with E-state index in [0.717, 1.165) is 49.5 Å². The van der Waals surface area contributed by atoms with Gasteiger partial charge in [0.25, 0.3) is 0 Å². The molecular weight excluding hydrogens is 783 g/mol. The molecule has 0 amide bonds. The molecule has 0 fully saturated rings. The van der Waals surface area contributed by atoms with E-state index in [1.165, 1.54) is 38.1 Å². The SMILES string of the molecule is CC(=O)/C=C(/C)O.Fc1ccc(-c2ccc3c(ccc4c5ccnc(-c6[c-]c7ccccc7c(C(F)(F)F)c6)c5ccc34)c2)cc1.[Ir]. The van der Waals surface area contributed by atoms with Crippen LogP contribution in [0.3, 0.4) is 0 Å². The van der Waals surface area contributed by atoms with Gasteiger partial charge in [-0.2, -0.15) is 13.2 Å². The molecule has 0 unspecified atom stereocenters. The third-order valence-electron chi connectivity index (χ3n) is 7.68. The summed E-state index contributed by atoms with van der Waals surface area (Å²) in [6.45, 7) is 2.85. The van der Waals surface area contributed by atoms with Gasteiger partial charge in [-0.15, -0.1) is 23.6 Å². The Balaban J connectivity index is 0.000000491. The van der Waals surface area contributed by atoms with Crippen molar-refractivity contribution in [1.29, 1.82) is 0 Å². The Hall–Kier alpha value is -4.91. The van der Waals surface area contributed by atoms with Crippen LogP contribution in [-0.2, 0) is 31.1 Å². The summed E-state index contributed by atoms with van der Waals surface area (Å²) < 4.78 is 55.3. The number of halogens is 4. The van der Waals surface area contributed by atoms with Crippen molar-refractivity contribution in [3.8, 4) is 22.4 Å². The third-order valence-corrected chi connectivity index (χ3v) is 7.68.